The van der Waals surface area contributed by atoms with Crippen LogP contribution in [0.2, 0.25) is 0 Å². The Morgan fingerprint density at radius 3 is 3.09 bits per heavy atom. The van der Waals surface area contributed by atoms with E-state index in [1.807, 2.05) is 12.1 Å². The summed E-state index contributed by atoms with van der Waals surface area (Å²) < 4.78 is 0. The average Bonchev–Trinajstić information content (AvgIpc) is 2.04. The lowest BCUT2D eigenvalue weighted by Crippen LogP contribution is -1.99. The van der Waals surface area contributed by atoms with Crippen LogP contribution < -0.4 is 0 Å². The van der Waals surface area contributed by atoms with Crippen molar-refractivity contribution in [3.63, 3.8) is 0 Å². The number of benzene rings is 1. The minimum absolute atomic E-state index is 0.377. The van der Waals surface area contributed by atoms with Gasteiger partial charge in [0.15, 0.2) is 0 Å². The van der Waals surface area contributed by atoms with Crippen LogP contribution in [0, 0.1) is 6.42 Å². The van der Waals surface area contributed by atoms with Crippen molar-refractivity contribution in [1.82, 2.24) is 0 Å². The lowest BCUT2D eigenvalue weighted by Gasteiger charge is -2.14. The third-order valence-corrected chi connectivity index (χ3v) is 2.14. The predicted octanol–water partition coefficient (Wildman–Crippen LogP) is 2.28. The van der Waals surface area contributed by atoms with Crippen LogP contribution in [0.15, 0.2) is 18.2 Å². The van der Waals surface area contributed by atoms with Crippen molar-refractivity contribution in [3.8, 4) is 5.75 Å². The smallest absolute Gasteiger partial charge is 0.115 e. The van der Waals surface area contributed by atoms with Crippen molar-refractivity contribution in [2.24, 2.45) is 0 Å². The summed E-state index contributed by atoms with van der Waals surface area (Å²) in [6, 6.07) is 5.62. The molecule has 1 heteroatoms. The summed E-state index contributed by atoms with van der Waals surface area (Å²) in [5.74, 6) is 0.377. The molecular formula is C10H11O. The van der Waals surface area contributed by atoms with Crippen LogP contribution in [0.5, 0.6) is 5.75 Å². The topological polar surface area (TPSA) is 20.2 Å². The fourth-order valence-electron chi connectivity index (χ4n) is 1.55. The summed E-state index contributed by atoms with van der Waals surface area (Å²) in [6.07, 6.45) is 5.75. The normalized spacial score (nSPS) is 16.0. The fourth-order valence-corrected chi connectivity index (χ4v) is 1.55. The molecule has 0 amide bonds. The van der Waals surface area contributed by atoms with E-state index in [1.54, 1.807) is 6.07 Å². The van der Waals surface area contributed by atoms with E-state index in [4.69, 9.17) is 5.11 Å². The Kier molecular flexibility index (Phi) is 1.57. The van der Waals surface area contributed by atoms with Crippen molar-refractivity contribution in [2.75, 3.05) is 0 Å². The van der Waals surface area contributed by atoms with Gasteiger partial charge in [0.2, 0.25) is 0 Å². The molecule has 0 saturated heterocycles. The highest BCUT2D eigenvalue weighted by molar-refractivity contribution is 5.40. The standard InChI is InChI=1S/C10H11O/c11-10-6-5-8-3-1-2-4-9(8)7-10/h4-7,11H,1-3H2. The van der Waals surface area contributed by atoms with Gasteiger partial charge in [-0.3, -0.25) is 0 Å². The third kappa shape index (κ3) is 1.23. The van der Waals surface area contributed by atoms with Gasteiger partial charge in [-0.15, -0.1) is 0 Å². The van der Waals surface area contributed by atoms with Crippen molar-refractivity contribution >= 4 is 0 Å². The van der Waals surface area contributed by atoms with Crippen LogP contribution in [0.3, 0.4) is 0 Å². The molecule has 0 atom stereocenters. The molecule has 0 bridgehead atoms. The molecular weight excluding hydrogens is 136 g/mol. The molecule has 57 valence electrons. The minimum Gasteiger partial charge on any atom is -0.508 e. The van der Waals surface area contributed by atoms with Crippen molar-refractivity contribution < 1.29 is 5.11 Å². The predicted molar refractivity (Wildman–Crippen MR) is 44.4 cm³/mol. The highest BCUT2D eigenvalue weighted by atomic mass is 16.3. The molecule has 2 rings (SSSR count). The van der Waals surface area contributed by atoms with Gasteiger partial charge in [0.1, 0.15) is 5.75 Å². The first kappa shape index (κ1) is 6.71. The van der Waals surface area contributed by atoms with Crippen molar-refractivity contribution in [2.45, 2.75) is 19.3 Å². The Labute approximate surface area is 66.7 Å². The third-order valence-electron chi connectivity index (χ3n) is 2.14. The molecule has 1 aliphatic carbocycles. The highest BCUT2D eigenvalue weighted by Crippen LogP contribution is 2.25. The van der Waals surface area contributed by atoms with Gasteiger partial charge in [-0.1, -0.05) is 6.07 Å². The Balaban J connectivity index is 2.43. The molecule has 0 spiro atoms. The van der Waals surface area contributed by atoms with Crippen LogP contribution in [-0.4, -0.2) is 5.11 Å². The second kappa shape index (κ2) is 2.57. The second-order valence-corrected chi connectivity index (χ2v) is 2.98. The van der Waals surface area contributed by atoms with Crippen LogP contribution in [0.4, 0.5) is 0 Å². The first-order valence-corrected chi connectivity index (χ1v) is 4.01. The molecule has 1 aliphatic rings. The van der Waals surface area contributed by atoms with Crippen molar-refractivity contribution in [1.29, 1.82) is 0 Å². The molecule has 1 radical (unpaired) electrons. The number of hydrogen-bond acceptors (Lipinski definition) is 1. The second-order valence-electron chi connectivity index (χ2n) is 2.98. The minimum atomic E-state index is 0.377. The van der Waals surface area contributed by atoms with E-state index in [9.17, 15) is 0 Å². The number of hydrogen-bond donors (Lipinski definition) is 1. The number of aromatic hydroxyl groups is 1. The van der Waals surface area contributed by atoms with Gasteiger partial charge < -0.3 is 5.11 Å². The molecule has 0 saturated carbocycles. The van der Waals surface area contributed by atoms with Crippen LogP contribution in [0.1, 0.15) is 24.0 Å². The molecule has 0 aliphatic heterocycles. The van der Waals surface area contributed by atoms with Crippen molar-refractivity contribution in [3.05, 3.63) is 35.7 Å². The van der Waals surface area contributed by atoms with E-state index >= 15 is 0 Å². The molecule has 1 N–H and O–H groups in total. The molecule has 0 heterocycles. The van der Waals surface area contributed by atoms with Gasteiger partial charge in [-0.25, -0.2) is 0 Å². The van der Waals surface area contributed by atoms with Gasteiger partial charge in [-0.05, 0) is 48.9 Å². The number of aryl methyl sites for hydroxylation is 1. The van der Waals surface area contributed by atoms with Gasteiger partial charge in [0.25, 0.3) is 0 Å². The number of rotatable bonds is 0. The lowest BCUT2D eigenvalue weighted by molar-refractivity contribution is 0.474. The van der Waals surface area contributed by atoms with E-state index in [2.05, 4.69) is 6.42 Å². The maximum atomic E-state index is 9.17. The zero-order chi connectivity index (χ0) is 7.68. The molecule has 11 heavy (non-hydrogen) atoms. The molecule has 1 aromatic carbocycles. The Bertz CT molecular complexity index is 266. The number of phenolic OH excluding ortho intramolecular Hbond substituents is 1. The first-order chi connectivity index (χ1) is 5.36. The van der Waals surface area contributed by atoms with E-state index in [1.165, 1.54) is 17.5 Å². The summed E-state index contributed by atoms with van der Waals surface area (Å²) in [5, 5.41) is 9.17. The summed E-state index contributed by atoms with van der Waals surface area (Å²) >= 11 is 0. The Hall–Kier alpha value is -0.980. The monoisotopic (exact) mass is 147 g/mol. The summed E-state index contributed by atoms with van der Waals surface area (Å²) in [7, 11) is 0. The van der Waals surface area contributed by atoms with Crippen LogP contribution >= 0.6 is 0 Å². The molecule has 1 aromatic rings. The first-order valence-electron chi connectivity index (χ1n) is 4.01. The average molecular weight is 147 g/mol. The largest absolute Gasteiger partial charge is 0.508 e. The molecule has 0 unspecified atom stereocenters. The summed E-state index contributed by atoms with van der Waals surface area (Å²) in [6.45, 7) is 0. The van der Waals surface area contributed by atoms with Crippen LogP contribution in [-0.2, 0) is 6.42 Å². The maximum Gasteiger partial charge on any atom is 0.115 e. The van der Waals surface area contributed by atoms with E-state index < -0.39 is 0 Å². The number of phenols is 1. The zero-order valence-corrected chi connectivity index (χ0v) is 6.38. The zero-order valence-electron chi connectivity index (χ0n) is 6.38. The molecule has 1 nitrogen and oxygen atoms in total. The summed E-state index contributed by atoms with van der Waals surface area (Å²) in [4.78, 5) is 0. The molecule has 0 fully saturated rings. The van der Waals surface area contributed by atoms with Gasteiger partial charge in [0, 0.05) is 0 Å². The van der Waals surface area contributed by atoms with E-state index in [-0.39, 0.29) is 0 Å². The van der Waals surface area contributed by atoms with Gasteiger partial charge in [-0.2, -0.15) is 0 Å². The Morgan fingerprint density at radius 2 is 2.18 bits per heavy atom. The quantitative estimate of drug-likeness (QED) is 0.597. The highest BCUT2D eigenvalue weighted by Gasteiger charge is 2.08. The fraction of sp³-hybridized carbons (Fsp3) is 0.300. The van der Waals surface area contributed by atoms with Gasteiger partial charge in [0.05, 0.1) is 0 Å². The number of fused-ring (bicyclic) bond motifs is 1. The molecule has 0 aromatic heterocycles. The SMILES string of the molecule is Oc1ccc2c(c1)[CH]CCC2. The summed E-state index contributed by atoms with van der Waals surface area (Å²) in [5.41, 5.74) is 2.59. The van der Waals surface area contributed by atoms with Crippen LogP contribution in [0.25, 0.3) is 0 Å². The van der Waals surface area contributed by atoms with Gasteiger partial charge >= 0.3 is 0 Å². The lowest BCUT2D eigenvalue weighted by atomic mass is 9.92. The maximum absolute atomic E-state index is 9.17. The van der Waals surface area contributed by atoms with E-state index in [0.29, 0.717) is 5.75 Å². The van der Waals surface area contributed by atoms with E-state index in [0.717, 1.165) is 12.8 Å². The Morgan fingerprint density at radius 1 is 1.27 bits per heavy atom.